The number of ketones is 3. The molecule has 4 saturated carbocycles. The number of aliphatic hydroxyl groups is 4. The number of aromatic amines is 1. The fraction of sp³-hybridized carbons (Fsp3) is 0.424. The van der Waals surface area contributed by atoms with Crippen LogP contribution in [0.3, 0.4) is 0 Å². The number of hydrogen-bond donors (Lipinski definition) is 10. The zero-order chi connectivity index (χ0) is 94.8. The first-order valence-electron chi connectivity index (χ1n) is 43.9. The van der Waals surface area contributed by atoms with Gasteiger partial charge < -0.3 is 93.8 Å². The molecular formula is C92H103BBrCl7N18O15. The fourth-order valence-electron chi connectivity index (χ4n) is 14.6. The third-order valence-electron chi connectivity index (χ3n) is 23.7. The normalized spacial score (nSPS) is 17.1. The average Bonchev–Trinajstić information content (AvgIpc) is 1.61. The van der Waals surface area contributed by atoms with Gasteiger partial charge in [-0.25, -0.2) is 34.9 Å². The van der Waals surface area contributed by atoms with E-state index in [0.29, 0.717) is 176 Å². The molecule has 18 heterocycles. The molecule has 13 N–H and O–H groups in total. The molecule has 134 heavy (non-hydrogen) atoms. The van der Waals surface area contributed by atoms with Crippen LogP contribution in [-0.2, 0) is 58.5 Å². The van der Waals surface area contributed by atoms with Crippen LogP contribution in [-0.4, -0.2) is 212 Å². The number of pyridine rings is 7. The first-order chi connectivity index (χ1) is 64.7. The van der Waals surface area contributed by atoms with Gasteiger partial charge in [-0.2, -0.15) is 10.2 Å². The Morgan fingerprint density at radius 2 is 0.940 bits per heavy atom. The SMILES string of the molecule is Nc1ncc(C2CC2)cc1C(O)C1COC1.Nc1ncc(Cl)cc1Br.Nc1ncc(Cl)cc1C(O)C1COC1.O=C(CCc1ncn2ccc(Cl)cc12)c1cn[nH]c1.O=C(CCc1ncn2ccc(Cl)cc12)c1cnn(Cc2cn3cc(C4CC4)cc(C(O)C4COC4)c3n2)c1.O=C(CCl)CCl.O=CC1COC1.OB(O)C1CC1.OC(c1cc(C2CC2)cn2cc(CCl)nc12)C1COC1. The lowest BCUT2D eigenvalue weighted by Crippen LogP contribution is -2.33. The third kappa shape index (κ3) is 27.4. The monoisotopic (exact) mass is 2030 g/mol. The van der Waals surface area contributed by atoms with Crippen LogP contribution >= 0.6 is 97.1 Å². The Bertz CT molecular complexity index is 6130. The molecule has 33 nitrogen and oxygen atoms in total. The van der Waals surface area contributed by atoms with Crippen LogP contribution in [0.4, 0.5) is 17.5 Å². The maximum atomic E-state index is 12.9. The van der Waals surface area contributed by atoms with Gasteiger partial charge in [0.15, 0.2) is 17.3 Å². The van der Waals surface area contributed by atoms with Gasteiger partial charge in [-0.15, -0.1) is 34.8 Å². The van der Waals surface area contributed by atoms with Crippen LogP contribution in [0, 0.1) is 29.6 Å². The van der Waals surface area contributed by atoms with Crippen molar-refractivity contribution >= 4 is 168 Å². The number of anilines is 3. The van der Waals surface area contributed by atoms with Crippen molar-refractivity contribution in [2.75, 3.05) is 95.0 Å². The number of Topliss-reactive ketones (excluding diaryl/α,β-unsaturated/α-hetero) is 3. The molecule has 710 valence electrons. The molecule has 4 atom stereocenters. The second-order valence-electron chi connectivity index (χ2n) is 34.1. The van der Waals surface area contributed by atoms with Crippen molar-refractivity contribution in [1.82, 2.24) is 72.5 Å². The van der Waals surface area contributed by atoms with E-state index in [2.05, 4.69) is 85.7 Å². The smallest absolute Gasteiger partial charge is 0.427 e. The number of carbonyl (C=O) groups is 4. The number of halogens is 8. The van der Waals surface area contributed by atoms with E-state index in [1.807, 2.05) is 66.8 Å². The molecule has 42 heteroatoms. The molecule has 13 aromatic rings. The molecular weight excluding hydrogens is 1940 g/mol. The maximum absolute atomic E-state index is 12.9. The number of nitrogens with two attached hydrogens (primary N) is 3. The Balaban J connectivity index is 0.000000130. The Kier molecular flexibility index (Phi) is 35.9. The highest BCUT2D eigenvalue weighted by Crippen LogP contribution is 2.46. The first-order valence-corrected chi connectivity index (χ1v) is 47.8. The number of aryl methyl sites for hydroxylation is 2. The molecule has 0 amide bonds. The Morgan fingerprint density at radius 3 is 1.34 bits per heavy atom. The predicted octanol–water partition coefficient (Wildman–Crippen LogP) is 14.2. The van der Waals surface area contributed by atoms with Gasteiger partial charge in [0.25, 0.3) is 0 Å². The first kappa shape index (κ1) is 101. The van der Waals surface area contributed by atoms with Gasteiger partial charge in [-0.1, -0.05) is 59.2 Å². The molecule has 4 aliphatic carbocycles. The van der Waals surface area contributed by atoms with E-state index in [4.69, 9.17) is 137 Å². The molecule has 4 unspecified atom stereocenters. The lowest BCUT2D eigenvalue weighted by molar-refractivity contribution is -0.123. The summed E-state index contributed by atoms with van der Waals surface area (Å²) in [5.74, 6) is 4.46. The molecule has 0 spiro atoms. The number of rotatable bonds is 26. The number of H-pyrrole nitrogens is 1. The van der Waals surface area contributed by atoms with Crippen molar-refractivity contribution < 1.29 is 73.3 Å². The summed E-state index contributed by atoms with van der Waals surface area (Å²) in [6.07, 6.45) is 36.5. The van der Waals surface area contributed by atoms with Gasteiger partial charge in [0.2, 0.25) is 0 Å². The number of carbonyl (C=O) groups excluding carboxylic acids is 4. The Hall–Kier alpha value is -9.16. The van der Waals surface area contributed by atoms with Crippen LogP contribution in [0.5, 0.6) is 0 Å². The number of hydrogen-bond acceptors (Lipinski definition) is 27. The minimum Gasteiger partial charge on any atom is -0.427 e. The minimum absolute atomic E-state index is 0.0108. The molecule has 5 aliphatic heterocycles. The number of fused-ring (bicyclic) bond motifs is 4. The second-order valence-corrected chi connectivity index (χ2v) is 37.5. The van der Waals surface area contributed by atoms with E-state index in [-0.39, 0.29) is 64.5 Å². The van der Waals surface area contributed by atoms with Crippen LogP contribution in [0.2, 0.25) is 25.9 Å². The maximum Gasteiger partial charge on any atom is 0.454 e. The van der Waals surface area contributed by atoms with Crippen molar-refractivity contribution in [2.45, 2.75) is 137 Å². The molecule has 0 bridgehead atoms. The average molecular weight is 2040 g/mol. The van der Waals surface area contributed by atoms with Crippen LogP contribution < -0.4 is 17.2 Å². The van der Waals surface area contributed by atoms with Crippen molar-refractivity contribution in [2.24, 2.45) is 29.6 Å². The zero-order valence-electron chi connectivity index (χ0n) is 72.8. The van der Waals surface area contributed by atoms with Gasteiger partial charge >= 0.3 is 7.12 Å². The van der Waals surface area contributed by atoms with Gasteiger partial charge in [-0.3, -0.25) is 24.2 Å². The minimum atomic E-state index is -1.04. The largest absolute Gasteiger partial charge is 0.454 e. The number of alkyl halides is 3. The fourth-order valence-corrected chi connectivity index (χ4v) is 16.2. The van der Waals surface area contributed by atoms with Crippen LogP contribution in [0.1, 0.15) is 189 Å². The van der Waals surface area contributed by atoms with Crippen molar-refractivity contribution in [3.05, 3.63) is 245 Å². The number of aldehydes is 1. The molecule has 0 radical (unpaired) electrons. The molecule has 13 aromatic heterocycles. The Morgan fingerprint density at radius 1 is 0.500 bits per heavy atom. The molecule has 5 saturated heterocycles. The third-order valence-corrected chi connectivity index (χ3v) is 26.0. The second kappa shape index (κ2) is 47.7. The van der Waals surface area contributed by atoms with E-state index < -0.39 is 31.5 Å². The highest BCUT2D eigenvalue weighted by atomic mass is 79.9. The number of aliphatic hydroxyl groups excluding tert-OH is 4. The van der Waals surface area contributed by atoms with Crippen LogP contribution in [0.25, 0.3) is 22.3 Å². The van der Waals surface area contributed by atoms with Gasteiger partial charge in [0, 0.05) is 137 Å². The summed E-state index contributed by atoms with van der Waals surface area (Å²) in [6, 6.07) is 16.9. The molecule has 0 aromatic carbocycles. The number of nitrogen functional groups attached to an aromatic ring is 3. The summed E-state index contributed by atoms with van der Waals surface area (Å²) in [5, 5.41) is 71.3. The summed E-state index contributed by atoms with van der Waals surface area (Å²) in [4.78, 5) is 74.4. The number of nitrogens with zero attached hydrogens (tertiary/aromatic N) is 14. The number of nitrogens with one attached hydrogen (secondary N) is 1. The van der Waals surface area contributed by atoms with Gasteiger partial charge in [0.1, 0.15) is 35.0 Å². The summed E-state index contributed by atoms with van der Waals surface area (Å²) in [7, 11) is -1.04. The summed E-state index contributed by atoms with van der Waals surface area (Å²) in [6.45, 7) is 6.48. The van der Waals surface area contributed by atoms with E-state index in [1.165, 1.54) is 73.8 Å². The van der Waals surface area contributed by atoms with Crippen molar-refractivity contribution in [1.29, 1.82) is 0 Å². The summed E-state index contributed by atoms with van der Waals surface area (Å²) < 4.78 is 35.6. The van der Waals surface area contributed by atoms with E-state index >= 15 is 0 Å². The summed E-state index contributed by atoms with van der Waals surface area (Å²) in [5.41, 5.74) is 31.7. The van der Waals surface area contributed by atoms with E-state index in [1.54, 1.807) is 60.2 Å². The topological polar surface area (TPSA) is 468 Å². The molecule has 9 aliphatic rings. The van der Waals surface area contributed by atoms with Crippen molar-refractivity contribution in [3.63, 3.8) is 0 Å². The highest BCUT2D eigenvalue weighted by molar-refractivity contribution is 9.10. The Labute approximate surface area is 814 Å². The zero-order valence-corrected chi connectivity index (χ0v) is 79.7. The highest BCUT2D eigenvalue weighted by Gasteiger charge is 2.37. The number of aromatic nitrogens is 15. The number of ether oxygens (including phenoxy) is 5. The lowest BCUT2D eigenvalue weighted by Gasteiger charge is -2.31. The van der Waals surface area contributed by atoms with Gasteiger partial charge in [0.05, 0.1) is 205 Å². The molecule has 9 fully saturated rings. The lowest BCUT2D eigenvalue weighted by atomic mass is 9.84. The van der Waals surface area contributed by atoms with Gasteiger partial charge in [-0.05, 0) is 162 Å². The molecule has 22 rings (SSSR count). The van der Waals surface area contributed by atoms with Crippen LogP contribution in [0.15, 0.2) is 152 Å². The standard InChI is InChI=1S/C28H27ClN6O3.C15H17ClN2O2.C13H11ClN4O.C12H16N2O2.C9H11ClN2O2.C5H4BrClN2.C4H6O2.C3H7BO2.C3H4Cl2O/c29-21-5-6-33-16-30-24(25(33)8-21)3-4-26(36)19-9-31-35(11-19)13-22-12-34-10-18(17-1-2-17)7-23(28(34)32-22)27(37)20-14-38-15-20;16-4-12-6-18-5-10(9-1-2-9)3-13(15(18)17-12)14(19)11-7-20-8-11;14-10-3-4-18-8-15-11(12(18)5-10)1-2-13(19)9-6-16-17-7-9;13-12-10(11(15)9-5-16-6-9)3-8(4-14-12)7-1-2-7;10-6-1-7(9(11)12-2-6)8(13)5-3-14-4-5;6-4-1-3(7)2-9-5(4)8;5-1-4-2-6-3-4;5-4(6)3-1-2-3;4-1-3(6)2-5/h5-12,16-17,20,27,37H,1-4,13-15H2;3,5-6,9,11,14,19H,1-2,4,7-8H2;3-8H,1-2H2,(H,16,17);3-4,7,9,11,15H,1-2,5-6H2,(H2,13,14);1-2,5,8,13H,3-4H2,(H2,11,12);1-2H,(H2,8,9);1,4H,2-3H2;3,5-6H,1-2H2;1-2H2. The number of imidazole rings is 4. The van der Waals surface area contributed by atoms with E-state index in [0.717, 1.165) is 85.4 Å². The predicted molar refractivity (Wildman–Crippen MR) is 512 cm³/mol. The quantitative estimate of drug-likeness (QED) is 0.0104. The van der Waals surface area contributed by atoms with Crippen molar-refractivity contribution in [3.8, 4) is 0 Å². The summed E-state index contributed by atoms with van der Waals surface area (Å²) >= 11 is 42.5. The van der Waals surface area contributed by atoms with E-state index in [9.17, 15) is 39.6 Å².